The van der Waals surface area contributed by atoms with E-state index in [-0.39, 0.29) is 25.3 Å². The lowest BCUT2D eigenvalue weighted by atomic mass is 9.97. The van der Waals surface area contributed by atoms with Crippen LogP contribution in [0, 0.1) is 0 Å². The minimum absolute atomic E-state index is 0.0445. The second-order valence-corrected chi connectivity index (χ2v) is 7.56. The predicted octanol–water partition coefficient (Wildman–Crippen LogP) is 1.53. The molecule has 0 bridgehead atoms. The van der Waals surface area contributed by atoms with Crippen LogP contribution in [0.5, 0.6) is 0 Å². The highest BCUT2D eigenvalue weighted by Crippen LogP contribution is 2.22. The summed E-state index contributed by atoms with van der Waals surface area (Å²) in [5, 5.41) is 3.27. The molecule has 0 radical (unpaired) electrons. The number of unbranched alkanes of at least 4 members (excludes halogenated alkanes) is 1. The van der Waals surface area contributed by atoms with E-state index < -0.39 is 23.8 Å². The lowest BCUT2D eigenvalue weighted by Crippen LogP contribution is -2.52. The summed E-state index contributed by atoms with van der Waals surface area (Å²) in [5.41, 5.74) is 0. The standard InChI is InChI=1S/C19H31N3O5/c1-4-5-9-15(19(26)27-22-17(24)10-11-18(22)25)20-16(23)12-21-13(2)7-6-8-14(21)3/h13-15H,4-12H2,1-3H3,(H,20,23). The summed E-state index contributed by atoms with van der Waals surface area (Å²) in [7, 11) is 0. The Morgan fingerprint density at radius 1 is 1.15 bits per heavy atom. The first-order valence-corrected chi connectivity index (χ1v) is 9.96. The Kier molecular flexibility index (Phi) is 7.77. The molecule has 0 aromatic carbocycles. The number of piperidine rings is 1. The first-order chi connectivity index (χ1) is 12.8. The Morgan fingerprint density at radius 2 is 1.74 bits per heavy atom. The molecule has 3 atom stereocenters. The molecule has 0 aromatic heterocycles. The van der Waals surface area contributed by atoms with Crippen LogP contribution in [0.1, 0.15) is 72.1 Å². The number of hydrogen-bond donors (Lipinski definition) is 1. The largest absolute Gasteiger partial charge is 0.355 e. The topological polar surface area (TPSA) is 96.0 Å². The first-order valence-electron chi connectivity index (χ1n) is 9.96. The summed E-state index contributed by atoms with van der Waals surface area (Å²) in [6.45, 7) is 6.42. The van der Waals surface area contributed by atoms with Gasteiger partial charge in [-0.3, -0.25) is 19.3 Å². The Bertz CT molecular complexity index is 554. The monoisotopic (exact) mass is 381 g/mol. The van der Waals surface area contributed by atoms with Crippen molar-refractivity contribution in [2.45, 2.75) is 90.3 Å². The van der Waals surface area contributed by atoms with Crippen molar-refractivity contribution in [3.8, 4) is 0 Å². The fourth-order valence-electron chi connectivity index (χ4n) is 3.66. The maximum Gasteiger partial charge on any atom is 0.355 e. The lowest BCUT2D eigenvalue weighted by molar-refractivity contribution is -0.199. The van der Waals surface area contributed by atoms with Gasteiger partial charge in [0, 0.05) is 24.9 Å². The van der Waals surface area contributed by atoms with Crippen molar-refractivity contribution >= 4 is 23.7 Å². The molecule has 2 aliphatic heterocycles. The number of likely N-dealkylation sites (tertiary alicyclic amines) is 1. The van der Waals surface area contributed by atoms with Crippen LogP contribution < -0.4 is 5.32 Å². The van der Waals surface area contributed by atoms with E-state index in [0.29, 0.717) is 23.6 Å². The van der Waals surface area contributed by atoms with E-state index in [1.54, 1.807) is 0 Å². The maximum absolute atomic E-state index is 12.5. The number of imide groups is 1. The van der Waals surface area contributed by atoms with Gasteiger partial charge in [-0.15, -0.1) is 5.06 Å². The van der Waals surface area contributed by atoms with Gasteiger partial charge >= 0.3 is 5.97 Å². The third-order valence-corrected chi connectivity index (χ3v) is 5.36. The molecule has 2 fully saturated rings. The Balaban J connectivity index is 1.95. The lowest BCUT2D eigenvalue weighted by Gasteiger charge is -2.38. The van der Waals surface area contributed by atoms with Crippen LogP contribution >= 0.6 is 0 Å². The zero-order valence-electron chi connectivity index (χ0n) is 16.5. The van der Waals surface area contributed by atoms with Gasteiger partial charge in [-0.1, -0.05) is 26.2 Å². The number of amides is 3. The normalized spacial score (nSPS) is 24.8. The molecule has 27 heavy (non-hydrogen) atoms. The highest BCUT2D eigenvalue weighted by atomic mass is 16.7. The van der Waals surface area contributed by atoms with E-state index in [9.17, 15) is 19.2 Å². The quantitative estimate of drug-likeness (QED) is 0.641. The minimum Gasteiger partial charge on any atom is -0.342 e. The van der Waals surface area contributed by atoms with Crippen LogP contribution in [-0.4, -0.2) is 58.3 Å². The summed E-state index contributed by atoms with van der Waals surface area (Å²) in [5.74, 6) is -2.05. The maximum atomic E-state index is 12.5. The average Bonchev–Trinajstić information content (AvgIpc) is 2.93. The van der Waals surface area contributed by atoms with Gasteiger partial charge in [0.1, 0.15) is 6.04 Å². The van der Waals surface area contributed by atoms with Gasteiger partial charge in [0.05, 0.1) is 6.54 Å². The Hall–Kier alpha value is -1.96. The molecule has 2 aliphatic rings. The Morgan fingerprint density at radius 3 is 2.30 bits per heavy atom. The fraction of sp³-hybridized carbons (Fsp3) is 0.789. The number of rotatable bonds is 8. The molecule has 8 heteroatoms. The van der Waals surface area contributed by atoms with Crippen molar-refractivity contribution in [2.75, 3.05) is 6.54 Å². The summed E-state index contributed by atoms with van der Waals surface area (Å²) in [6.07, 6.45) is 5.33. The third kappa shape index (κ3) is 5.76. The highest BCUT2D eigenvalue weighted by molar-refractivity contribution is 6.02. The molecule has 3 amide bonds. The zero-order chi connectivity index (χ0) is 20.0. The minimum atomic E-state index is -0.867. The van der Waals surface area contributed by atoms with E-state index >= 15 is 0 Å². The van der Waals surface area contributed by atoms with E-state index in [1.807, 2.05) is 6.92 Å². The van der Waals surface area contributed by atoms with Crippen LogP contribution in [0.2, 0.25) is 0 Å². The molecule has 0 saturated carbocycles. The van der Waals surface area contributed by atoms with Crippen LogP contribution in [0.4, 0.5) is 0 Å². The van der Waals surface area contributed by atoms with Gasteiger partial charge in [0.15, 0.2) is 0 Å². The Labute approximate surface area is 160 Å². The van der Waals surface area contributed by atoms with Gasteiger partial charge in [-0.2, -0.15) is 0 Å². The van der Waals surface area contributed by atoms with Crippen LogP contribution in [0.25, 0.3) is 0 Å². The van der Waals surface area contributed by atoms with E-state index in [1.165, 1.54) is 0 Å². The third-order valence-electron chi connectivity index (χ3n) is 5.36. The van der Waals surface area contributed by atoms with Gasteiger partial charge in [0.25, 0.3) is 11.8 Å². The molecule has 152 valence electrons. The van der Waals surface area contributed by atoms with E-state index in [0.717, 1.165) is 32.1 Å². The second kappa shape index (κ2) is 9.82. The van der Waals surface area contributed by atoms with Crippen molar-refractivity contribution in [3.05, 3.63) is 0 Å². The molecule has 0 spiro atoms. The SMILES string of the molecule is CCCCC(NC(=O)CN1C(C)CCCC1C)C(=O)ON1C(=O)CCC1=O. The molecule has 0 aromatic rings. The van der Waals surface area contributed by atoms with Crippen molar-refractivity contribution < 1.29 is 24.0 Å². The first kappa shape index (κ1) is 21.3. The van der Waals surface area contributed by atoms with Gasteiger partial charge in [-0.05, 0) is 33.1 Å². The number of nitrogens with zero attached hydrogens (tertiary/aromatic N) is 2. The molecule has 8 nitrogen and oxygen atoms in total. The van der Waals surface area contributed by atoms with E-state index in [4.69, 9.17) is 4.84 Å². The summed E-state index contributed by atoms with van der Waals surface area (Å²) < 4.78 is 0. The molecule has 2 saturated heterocycles. The molecular weight excluding hydrogens is 350 g/mol. The summed E-state index contributed by atoms with van der Waals surface area (Å²) in [6, 6.07) is -0.227. The summed E-state index contributed by atoms with van der Waals surface area (Å²) in [4.78, 5) is 55.4. The smallest absolute Gasteiger partial charge is 0.342 e. The number of hydrogen-bond acceptors (Lipinski definition) is 6. The molecule has 0 aliphatic carbocycles. The van der Waals surface area contributed by atoms with Gasteiger partial charge in [-0.25, -0.2) is 4.79 Å². The number of carbonyl (C=O) groups is 4. The fourth-order valence-corrected chi connectivity index (χ4v) is 3.66. The van der Waals surface area contributed by atoms with E-state index in [2.05, 4.69) is 24.1 Å². The molecule has 3 unspecified atom stereocenters. The number of hydroxylamine groups is 2. The van der Waals surface area contributed by atoms with Gasteiger partial charge in [0.2, 0.25) is 5.91 Å². The van der Waals surface area contributed by atoms with Crippen molar-refractivity contribution in [1.29, 1.82) is 0 Å². The predicted molar refractivity (Wildman–Crippen MR) is 98.1 cm³/mol. The van der Waals surface area contributed by atoms with Crippen LogP contribution in [-0.2, 0) is 24.0 Å². The highest BCUT2D eigenvalue weighted by Gasteiger charge is 2.35. The summed E-state index contributed by atoms with van der Waals surface area (Å²) >= 11 is 0. The molecule has 2 heterocycles. The molecule has 2 rings (SSSR count). The van der Waals surface area contributed by atoms with Crippen LogP contribution in [0.15, 0.2) is 0 Å². The van der Waals surface area contributed by atoms with Crippen molar-refractivity contribution in [2.24, 2.45) is 0 Å². The van der Waals surface area contributed by atoms with Crippen molar-refractivity contribution in [1.82, 2.24) is 15.3 Å². The molecule has 1 N–H and O–H groups in total. The second-order valence-electron chi connectivity index (χ2n) is 7.56. The molecular formula is C19H31N3O5. The number of nitrogens with one attached hydrogen (secondary N) is 1. The number of carbonyl (C=O) groups excluding carboxylic acids is 4. The van der Waals surface area contributed by atoms with Gasteiger partial charge < -0.3 is 10.2 Å². The average molecular weight is 381 g/mol. The zero-order valence-corrected chi connectivity index (χ0v) is 16.5. The van der Waals surface area contributed by atoms with Crippen LogP contribution in [0.3, 0.4) is 0 Å². The van der Waals surface area contributed by atoms with Crippen molar-refractivity contribution in [3.63, 3.8) is 0 Å².